The van der Waals surface area contributed by atoms with Gasteiger partial charge < -0.3 is 14.8 Å². The van der Waals surface area contributed by atoms with Crippen molar-refractivity contribution in [1.29, 1.82) is 0 Å². The smallest absolute Gasteiger partial charge is 0.223 e. The van der Waals surface area contributed by atoms with Gasteiger partial charge in [-0.3, -0.25) is 4.79 Å². The molecular weight excluding hydrogens is 278 g/mol. The van der Waals surface area contributed by atoms with E-state index in [4.69, 9.17) is 9.47 Å². The van der Waals surface area contributed by atoms with Gasteiger partial charge in [0.05, 0.1) is 13.7 Å². The Balaban J connectivity index is 1.90. The molecule has 1 aliphatic rings. The molecule has 22 heavy (non-hydrogen) atoms. The minimum atomic E-state index is 0.185. The lowest BCUT2D eigenvalue weighted by atomic mass is 9.88. The highest BCUT2D eigenvalue weighted by Crippen LogP contribution is 2.28. The molecule has 0 spiro atoms. The Morgan fingerprint density at radius 1 is 1.23 bits per heavy atom. The Hall–Kier alpha value is -1.71. The highest BCUT2D eigenvalue weighted by molar-refractivity contribution is 5.78. The van der Waals surface area contributed by atoms with Gasteiger partial charge in [0, 0.05) is 12.5 Å². The number of amides is 1. The Kier molecular flexibility index (Phi) is 6.56. The van der Waals surface area contributed by atoms with Crippen LogP contribution in [-0.4, -0.2) is 19.6 Å². The molecule has 2 rings (SSSR count). The van der Waals surface area contributed by atoms with Gasteiger partial charge >= 0.3 is 0 Å². The van der Waals surface area contributed by atoms with Crippen LogP contribution in [0.5, 0.6) is 11.5 Å². The van der Waals surface area contributed by atoms with Crippen LogP contribution in [0.3, 0.4) is 0 Å². The highest BCUT2D eigenvalue weighted by atomic mass is 16.5. The van der Waals surface area contributed by atoms with E-state index in [2.05, 4.69) is 12.2 Å². The van der Waals surface area contributed by atoms with Crippen molar-refractivity contribution in [3.63, 3.8) is 0 Å². The van der Waals surface area contributed by atoms with Gasteiger partial charge in [-0.05, 0) is 37.0 Å². The minimum Gasteiger partial charge on any atom is -0.493 e. The first-order chi connectivity index (χ1) is 10.7. The monoisotopic (exact) mass is 305 g/mol. The molecule has 1 saturated carbocycles. The fraction of sp³-hybridized carbons (Fsp3) is 0.611. The molecule has 122 valence electrons. The number of hydrogen-bond acceptors (Lipinski definition) is 3. The molecule has 1 aromatic rings. The molecule has 1 aliphatic carbocycles. The number of nitrogens with one attached hydrogen (secondary N) is 1. The van der Waals surface area contributed by atoms with Gasteiger partial charge in [-0.1, -0.05) is 32.3 Å². The molecular formula is C18H27NO3. The first kappa shape index (κ1) is 16.7. The van der Waals surface area contributed by atoms with Crippen molar-refractivity contribution in [1.82, 2.24) is 5.32 Å². The van der Waals surface area contributed by atoms with Crippen molar-refractivity contribution in [3.8, 4) is 11.5 Å². The average molecular weight is 305 g/mol. The van der Waals surface area contributed by atoms with Gasteiger partial charge in [0.15, 0.2) is 11.5 Å². The molecule has 0 radical (unpaired) electrons. The highest BCUT2D eigenvalue weighted by Gasteiger charge is 2.20. The van der Waals surface area contributed by atoms with Crippen LogP contribution in [-0.2, 0) is 11.3 Å². The molecule has 0 saturated heterocycles. The fourth-order valence-electron chi connectivity index (χ4n) is 2.85. The maximum Gasteiger partial charge on any atom is 0.223 e. The van der Waals surface area contributed by atoms with Gasteiger partial charge in [0.1, 0.15) is 0 Å². The van der Waals surface area contributed by atoms with Crippen LogP contribution in [0.4, 0.5) is 0 Å². The van der Waals surface area contributed by atoms with Crippen LogP contribution in [0.2, 0.25) is 0 Å². The molecule has 1 amide bonds. The standard InChI is InChI=1S/C18H27NO3/c1-3-11-22-16-10-9-14(12-17(16)21-2)13-19-18(20)15-7-5-4-6-8-15/h9-10,12,15H,3-8,11,13H2,1-2H3,(H,19,20). The fourth-order valence-corrected chi connectivity index (χ4v) is 2.85. The van der Waals surface area contributed by atoms with E-state index >= 15 is 0 Å². The quantitative estimate of drug-likeness (QED) is 0.836. The van der Waals surface area contributed by atoms with Gasteiger partial charge in [-0.25, -0.2) is 0 Å². The zero-order valence-corrected chi connectivity index (χ0v) is 13.7. The Labute approximate surface area is 133 Å². The van der Waals surface area contributed by atoms with E-state index < -0.39 is 0 Å². The SMILES string of the molecule is CCCOc1ccc(CNC(=O)C2CCCCC2)cc1OC. The van der Waals surface area contributed by atoms with Crippen LogP contribution in [0.1, 0.15) is 51.0 Å². The lowest BCUT2D eigenvalue weighted by Crippen LogP contribution is -2.31. The summed E-state index contributed by atoms with van der Waals surface area (Å²) in [4.78, 5) is 12.2. The van der Waals surface area contributed by atoms with E-state index in [1.807, 2.05) is 18.2 Å². The molecule has 4 nitrogen and oxygen atoms in total. The molecule has 1 fully saturated rings. The second-order valence-corrected chi connectivity index (χ2v) is 5.89. The molecule has 0 aromatic heterocycles. The van der Waals surface area contributed by atoms with Crippen LogP contribution in [0.25, 0.3) is 0 Å². The summed E-state index contributed by atoms with van der Waals surface area (Å²) >= 11 is 0. The topological polar surface area (TPSA) is 47.6 Å². The number of ether oxygens (including phenoxy) is 2. The predicted molar refractivity (Wildman–Crippen MR) is 87.2 cm³/mol. The molecule has 4 heteroatoms. The van der Waals surface area contributed by atoms with Gasteiger partial charge in [0.25, 0.3) is 0 Å². The van der Waals surface area contributed by atoms with E-state index in [9.17, 15) is 4.79 Å². The largest absolute Gasteiger partial charge is 0.493 e. The second kappa shape index (κ2) is 8.66. The molecule has 0 bridgehead atoms. The summed E-state index contributed by atoms with van der Waals surface area (Å²) in [7, 11) is 1.64. The number of methoxy groups -OCH3 is 1. The summed E-state index contributed by atoms with van der Waals surface area (Å²) < 4.78 is 11.0. The van der Waals surface area contributed by atoms with E-state index in [0.717, 1.165) is 36.3 Å². The normalized spacial score (nSPS) is 15.4. The average Bonchev–Trinajstić information content (AvgIpc) is 2.58. The predicted octanol–water partition coefficient (Wildman–Crippen LogP) is 3.68. The summed E-state index contributed by atoms with van der Waals surface area (Å²) in [5.74, 6) is 1.86. The zero-order valence-electron chi connectivity index (χ0n) is 13.7. The minimum absolute atomic E-state index is 0.185. The number of benzene rings is 1. The third-order valence-corrected chi connectivity index (χ3v) is 4.13. The summed E-state index contributed by atoms with van der Waals surface area (Å²) in [5.41, 5.74) is 1.03. The number of carbonyl (C=O) groups is 1. The summed E-state index contributed by atoms with van der Waals surface area (Å²) in [6, 6.07) is 5.83. The number of rotatable bonds is 7. The molecule has 1 aromatic carbocycles. The van der Waals surface area contributed by atoms with Gasteiger partial charge in [-0.15, -0.1) is 0 Å². The number of carbonyl (C=O) groups excluding carboxylic acids is 1. The summed E-state index contributed by atoms with van der Waals surface area (Å²) in [6.07, 6.45) is 6.63. The van der Waals surface area contributed by atoms with Crippen molar-refractivity contribution in [2.24, 2.45) is 5.92 Å². The van der Waals surface area contributed by atoms with Crippen molar-refractivity contribution >= 4 is 5.91 Å². The van der Waals surface area contributed by atoms with Crippen LogP contribution in [0, 0.1) is 5.92 Å². The van der Waals surface area contributed by atoms with Crippen molar-refractivity contribution < 1.29 is 14.3 Å². The van der Waals surface area contributed by atoms with Crippen molar-refractivity contribution in [2.75, 3.05) is 13.7 Å². The summed E-state index contributed by atoms with van der Waals surface area (Å²) in [6.45, 7) is 3.29. The Morgan fingerprint density at radius 3 is 2.68 bits per heavy atom. The first-order valence-electron chi connectivity index (χ1n) is 8.32. The third-order valence-electron chi connectivity index (χ3n) is 4.13. The van der Waals surface area contributed by atoms with Gasteiger partial charge in [-0.2, -0.15) is 0 Å². The molecule has 0 heterocycles. The lowest BCUT2D eigenvalue weighted by Gasteiger charge is -2.20. The molecule has 1 N–H and O–H groups in total. The summed E-state index contributed by atoms with van der Waals surface area (Å²) in [5, 5.41) is 3.05. The molecule has 0 aliphatic heterocycles. The number of hydrogen-bond donors (Lipinski definition) is 1. The Morgan fingerprint density at radius 2 is 2.00 bits per heavy atom. The Bertz CT molecular complexity index is 481. The van der Waals surface area contributed by atoms with E-state index in [1.54, 1.807) is 7.11 Å². The third kappa shape index (κ3) is 4.65. The van der Waals surface area contributed by atoms with E-state index in [-0.39, 0.29) is 11.8 Å². The first-order valence-corrected chi connectivity index (χ1v) is 8.32. The second-order valence-electron chi connectivity index (χ2n) is 5.89. The van der Waals surface area contributed by atoms with Crippen molar-refractivity contribution in [3.05, 3.63) is 23.8 Å². The maximum absolute atomic E-state index is 12.2. The van der Waals surface area contributed by atoms with Crippen molar-refractivity contribution in [2.45, 2.75) is 52.0 Å². The maximum atomic E-state index is 12.2. The lowest BCUT2D eigenvalue weighted by molar-refractivity contribution is -0.126. The van der Waals surface area contributed by atoms with Crippen LogP contribution >= 0.6 is 0 Å². The van der Waals surface area contributed by atoms with Gasteiger partial charge in [0.2, 0.25) is 5.91 Å². The van der Waals surface area contributed by atoms with Crippen LogP contribution < -0.4 is 14.8 Å². The zero-order chi connectivity index (χ0) is 15.8. The van der Waals surface area contributed by atoms with E-state index in [1.165, 1.54) is 19.3 Å². The molecule has 0 atom stereocenters. The molecule has 0 unspecified atom stereocenters. The van der Waals surface area contributed by atoms with Crippen LogP contribution in [0.15, 0.2) is 18.2 Å². The van der Waals surface area contributed by atoms with E-state index in [0.29, 0.717) is 13.2 Å².